The zero-order valence-corrected chi connectivity index (χ0v) is 12.0. The van der Waals surface area contributed by atoms with Crippen LogP contribution >= 0.6 is 0 Å². The highest BCUT2D eigenvalue weighted by atomic mass is 16.5. The highest BCUT2D eigenvalue weighted by molar-refractivity contribution is 5.76. The molecule has 0 saturated heterocycles. The van der Waals surface area contributed by atoms with E-state index in [1.165, 1.54) is 0 Å². The molecule has 1 aromatic carbocycles. The van der Waals surface area contributed by atoms with Crippen molar-refractivity contribution in [2.75, 3.05) is 13.7 Å². The molecule has 1 aromatic rings. The van der Waals surface area contributed by atoms with E-state index in [2.05, 4.69) is 0 Å². The van der Waals surface area contributed by atoms with E-state index in [9.17, 15) is 9.90 Å². The lowest BCUT2D eigenvalue weighted by atomic mass is 9.91. The van der Waals surface area contributed by atoms with Crippen LogP contribution in [0.3, 0.4) is 0 Å². The van der Waals surface area contributed by atoms with Gasteiger partial charge in [-0.25, -0.2) is 0 Å². The predicted molar refractivity (Wildman–Crippen MR) is 77.6 cm³/mol. The van der Waals surface area contributed by atoms with Crippen molar-refractivity contribution in [3.8, 4) is 5.75 Å². The first kappa shape index (κ1) is 14.9. The van der Waals surface area contributed by atoms with Crippen LogP contribution in [0.4, 0.5) is 0 Å². The zero-order valence-electron chi connectivity index (χ0n) is 12.0. The van der Waals surface area contributed by atoms with Crippen LogP contribution in [0.1, 0.15) is 32.1 Å². The van der Waals surface area contributed by atoms with Gasteiger partial charge in [0.1, 0.15) is 5.75 Å². The molecular formula is C16H23NO3. The molecule has 1 aliphatic carbocycles. The molecule has 1 N–H and O–H groups in total. The molecule has 2 atom stereocenters. The summed E-state index contributed by atoms with van der Waals surface area (Å²) < 4.78 is 5.53. The van der Waals surface area contributed by atoms with Crippen LogP contribution in [0.25, 0.3) is 0 Å². The quantitative estimate of drug-likeness (QED) is 0.897. The number of hydrogen-bond donors (Lipinski definition) is 1. The molecule has 2 rings (SSSR count). The summed E-state index contributed by atoms with van der Waals surface area (Å²) in [7, 11) is 1.78. The lowest BCUT2D eigenvalue weighted by Crippen LogP contribution is -2.46. The Labute approximate surface area is 120 Å². The smallest absolute Gasteiger partial charge is 0.226 e. The molecule has 1 aliphatic rings. The molecule has 1 amide bonds. The maximum atomic E-state index is 12.1. The van der Waals surface area contributed by atoms with Crippen LogP contribution in [0.15, 0.2) is 30.3 Å². The number of likely N-dealkylation sites (N-methyl/N-ethyl adjacent to an activating group) is 1. The van der Waals surface area contributed by atoms with E-state index < -0.39 is 0 Å². The Kier molecular flexibility index (Phi) is 5.41. The molecule has 0 aliphatic heterocycles. The number of amides is 1. The number of benzene rings is 1. The molecule has 0 spiro atoms. The molecule has 110 valence electrons. The summed E-state index contributed by atoms with van der Waals surface area (Å²) in [4.78, 5) is 13.8. The van der Waals surface area contributed by atoms with Crippen molar-refractivity contribution in [1.82, 2.24) is 4.90 Å². The first-order valence-corrected chi connectivity index (χ1v) is 7.30. The Bertz CT molecular complexity index is 421. The van der Waals surface area contributed by atoms with E-state index in [0.29, 0.717) is 13.0 Å². The van der Waals surface area contributed by atoms with Gasteiger partial charge in [0.05, 0.1) is 25.2 Å². The average molecular weight is 277 g/mol. The average Bonchev–Trinajstić information content (AvgIpc) is 2.48. The minimum absolute atomic E-state index is 0.0341. The van der Waals surface area contributed by atoms with Crippen molar-refractivity contribution in [3.63, 3.8) is 0 Å². The van der Waals surface area contributed by atoms with Gasteiger partial charge in [0.15, 0.2) is 0 Å². The number of aliphatic hydroxyl groups is 1. The van der Waals surface area contributed by atoms with Gasteiger partial charge in [0, 0.05) is 7.05 Å². The number of carbonyl (C=O) groups excluding carboxylic acids is 1. The second-order valence-electron chi connectivity index (χ2n) is 5.34. The Morgan fingerprint density at radius 1 is 1.30 bits per heavy atom. The van der Waals surface area contributed by atoms with Crippen molar-refractivity contribution < 1.29 is 14.6 Å². The molecule has 0 heterocycles. The van der Waals surface area contributed by atoms with Crippen molar-refractivity contribution in [2.24, 2.45) is 0 Å². The fourth-order valence-electron chi connectivity index (χ4n) is 2.68. The minimum Gasteiger partial charge on any atom is -0.493 e. The summed E-state index contributed by atoms with van der Waals surface area (Å²) in [5.41, 5.74) is 0. The molecule has 2 unspecified atom stereocenters. The van der Waals surface area contributed by atoms with Gasteiger partial charge < -0.3 is 14.7 Å². The second-order valence-corrected chi connectivity index (χ2v) is 5.34. The number of nitrogens with zero attached hydrogens (tertiary/aromatic N) is 1. The number of ether oxygens (including phenoxy) is 1. The van der Waals surface area contributed by atoms with E-state index in [4.69, 9.17) is 4.74 Å². The zero-order chi connectivity index (χ0) is 14.4. The largest absolute Gasteiger partial charge is 0.493 e. The summed E-state index contributed by atoms with van der Waals surface area (Å²) in [6.07, 6.45) is 3.78. The van der Waals surface area contributed by atoms with Crippen LogP contribution in [0.2, 0.25) is 0 Å². The molecule has 4 nitrogen and oxygen atoms in total. The maximum Gasteiger partial charge on any atom is 0.226 e. The van der Waals surface area contributed by atoms with Crippen molar-refractivity contribution in [3.05, 3.63) is 30.3 Å². The van der Waals surface area contributed by atoms with E-state index >= 15 is 0 Å². The number of aliphatic hydroxyl groups excluding tert-OH is 1. The van der Waals surface area contributed by atoms with Crippen LogP contribution in [0.5, 0.6) is 5.75 Å². The molecule has 0 radical (unpaired) electrons. The number of rotatable bonds is 5. The standard InChI is InChI=1S/C16H23NO3/c1-17(14-9-5-6-10-15(14)18)16(19)11-12-20-13-7-3-2-4-8-13/h2-4,7-8,14-15,18H,5-6,9-12H2,1H3. The first-order chi connectivity index (χ1) is 9.68. The highest BCUT2D eigenvalue weighted by Crippen LogP contribution is 2.22. The number of hydrogen-bond acceptors (Lipinski definition) is 3. The van der Waals surface area contributed by atoms with Crippen molar-refractivity contribution >= 4 is 5.91 Å². The van der Waals surface area contributed by atoms with E-state index in [-0.39, 0.29) is 18.1 Å². The molecule has 0 aromatic heterocycles. The first-order valence-electron chi connectivity index (χ1n) is 7.30. The molecule has 1 fully saturated rings. The monoisotopic (exact) mass is 277 g/mol. The molecule has 1 saturated carbocycles. The lowest BCUT2D eigenvalue weighted by molar-refractivity contribution is -0.135. The van der Waals surface area contributed by atoms with Crippen molar-refractivity contribution in [2.45, 2.75) is 44.2 Å². The highest BCUT2D eigenvalue weighted by Gasteiger charge is 2.28. The molecular weight excluding hydrogens is 254 g/mol. The molecule has 4 heteroatoms. The predicted octanol–water partition coefficient (Wildman–Crippen LogP) is 2.22. The third-order valence-corrected chi connectivity index (χ3v) is 3.91. The number of carbonyl (C=O) groups is 1. The minimum atomic E-state index is -0.382. The van der Waals surface area contributed by atoms with Gasteiger partial charge in [-0.05, 0) is 25.0 Å². The fourth-order valence-corrected chi connectivity index (χ4v) is 2.68. The Hall–Kier alpha value is -1.55. The summed E-state index contributed by atoms with van der Waals surface area (Å²) >= 11 is 0. The van der Waals surface area contributed by atoms with E-state index in [1.807, 2.05) is 30.3 Å². The maximum absolute atomic E-state index is 12.1. The summed E-state index contributed by atoms with van der Waals surface area (Å²) in [5, 5.41) is 9.97. The van der Waals surface area contributed by atoms with Gasteiger partial charge in [0.2, 0.25) is 5.91 Å². The van der Waals surface area contributed by atoms with Gasteiger partial charge in [-0.3, -0.25) is 4.79 Å². The topological polar surface area (TPSA) is 49.8 Å². The molecule has 0 bridgehead atoms. The van der Waals surface area contributed by atoms with Crippen LogP contribution in [0, 0.1) is 0 Å². The third-order valence-electron chi connectivity index (χ3n) is 3.91. The van der Waals surface area contributed by atoms with Gasteiger partial charge in [-0.15, -0.1) is 0 Å². The fraction of sp³-hybridized carbons (Fsp3) is 0.562. The SMILES string of the molecule is CN(C(=O)CCOc1ccccc1)C1CCCCC1O. The van der Waals surface area contributed by atoms with Gasteiger partial charge in [0.25, 0.3) is 0 Å². The molecule has 20 heavy (non-hydrogen) atoms. The van der Waals surface area contributed by atoms with Crippen LogP contribution in [-0.4, -0.2) is 41.7 Å². The summed E-state index contributed by atoms with van der Waals surface area (Å²) in [5.74, 6) is 0.813. The van der Waals surface area contributed by atoms with Crippen molar-refractivity contribution in [1.29, 1.82) is 0 Å². The van der Waals surface area contributed by atoms with Gasteiger partial charge in [-0.2, -0.15) is 0 Å². The Morgan fingerprint density at radius 3 is 2.70 bits per heavy atom. The Balaban J connectivity index is 1.76. The third kappa shape index (κ3) is 3.97. The summed E-state index contributed by atoms with van der Waals surface area (Å²) in [6, 6.07) is 9.45. The van der Waals surface area contributed by atoms with E-state index in [1.54, 1.807) is 11.9 Å². The van der Waals surface area contributed by atoms with Crippen LogP contribution in [-0.2, 0) is 4.79 Å². The lowest BCUT2D eigenvalue weighted by Gasteiger charge is -2.35. The van der Waals surface area contributed by atoms with E-state index in [0.717, 1.165) is 31.4 Å². The summed E-state index contributed by atoms with van der Waals surface area (Å²) in [6.45, 7) is 0.371. The van der Waals surface area contributed by atoms with Gasteiger partial charge >= 0.3 is 0 Å². The van der Waals surface area contributed by atoms with Crippen LogP contribution < -0.4 is 4.74 Å². The van der Waals surface area contributed by atoms with Gasteiger partial charge in [-0.1, -0.05) is 31.0 Å². The number of para-hydroxylation sites is 1. The second kappa shape index (κ2) is 7.29. The Morgan fingerprint density at radius 2 is 2.00 bits per heavy atom. The normalized spacial score (nSPS) is 22.3.